The second kappa shape index (κ2) is 11.0. The van der Waals surface area contributed by atoms with Gasteiger partial charge in [-0.2, -0.15) is 0 Å². The third kappa shape index (κ3) is 5.18. The maximum Gasteiger partial charge on any atom is 0.335 e. The maximum atomic E-state index is 11.6. The highest BCUT2D eigenvalue weighted by molar-refractivity contribution is 5.93. The van der Waals surface area contributed by atoms with Crippen LogP contribution in [0.25, 0.3) is 22.4 Å². The molecule has 2 aliphatic rings. The summed E-state index contributed by atoms with van der Waals surface area (Å²) in [5.41, 5.74) is 4.40. The number of aromatic carboxylic acids is 1. The number of likely N-dealkylation sites (tertiary alicyclic amines) is 1. The monoisotopic (exact) mass is 509 g/mol. The number of carbonyl (C=O) groups is 1. The van der Waals surface area contributed by atoms with Gasteiger partial charge in [-0.15, -0.1) is 0 Å². The molecule has 1 atom stereocenters. The van der Waals surface area contributed by atoms with E-state index in [0.29, 0.717) is 18.7 Å². The van der Waals surface area contributed by atoms with E-state index in [1.165, 1.54) is 31.2 Å². The summed E-state index contributed by atoms with van der Waals surface area (Å²) in [6.07, 6.45) is 8.33. The molecule has 6 rings (SSSR count). The third-order valence-corrected chi connectivity index (χ3v) is 8.16. The summed E-state index contributed by atoms with van der Waals surface area (Å²) in [7, 11) is 0. The number of rotatable bonds is 8. The van der Waals surface area contributed by atoms with Crippen molar-refractivity contribution < 1.29 is 14.6 Å². The number of carboxylic acids is 1. The average Bonchev–Trinajstić information content (AvgIpc) is 3.57. The van der Waals surface area contributed by atoms with Crippen molar-refractivity contribution in [2.75, 3.05) is 13.2 Å². The standard InChI is InChI=1S/C32H35N3O3/c36-32(37)25-15-18-30-29(20-25)33-31(35(30)26-10-5-2-6-11-26)24-13-16-28(17-14-24)38-22-27-12-7-19-34(27)21-23-8-3-1-4-9-23/h1,3-4,8-9,13-18,20,26-27H,2,5-7,10-12,19,21-22H2,(H,36,37). The molecule has 2 heterocycles. The van der Waals surface area contributed by atoms with E-state index in [2.05, 4.69) is 51.9 Å². The molecule has 0 bridgehead atoms. The third-order valence-electron chi connectivity index (χ3n) is 8.16. The Morgan fingerprint density at radius 2 is 1.71 bits per heavy atom. The number of benzene rings is 3. The van der Waals surface area contributed by atoms with E-state index in [-0.39, 0.29) is 5.56 Å². The van der Waals surface area contributed by atoms with Crippen LogP contribution in [0.3, 0.4) is 0 Å². The second-order valence-electron chi connectivity index (χ2n) is 10.7. The summed E-state index contributed by atoms with van der Waals surface area (Å²) < 4.78 is 8.61. The zero-order valence-electron chi connectivity index (χ0n) is 21.8. The molecule has 0 amide bonds. The van der Waals surface area contributed by atoms with Gasteiger partial charge >= 0.3 is 5.97 Å². The molecular weight excluding hydrogens is 474 g/mol. The molecule has 196 valence electrons. The SMILES string of the molecule is O=C(O)c1ccc2c(c1)nc(-c1ccc(OCC3CCCN3Cc3ccccc3)cc1)n2C1CCCCC1. The highest BCUT2D eigenvalue weighted by atomic mass is 16.5. The summed E-state index contributed by atoms with van der Waals surface area (Å²) in [4.78, 5) is 19.0. The van der Waals surface area contributed by atoms with Crippen LogP contribution in [0.1, 0.15) is 66.9 Å². The zero-order chi connectivity index (χ0) is 25.9. The Bertz CT molecular complexity index is 1390. The van der Waals surface area contributed by atoms with Crippen LogP contribution >= 0.6 is 0 Å². The molecule has 6 heteroatoms. The van der Waals surface area contributed by atoms with Crippen molar-refractivity contribution in [3.05, 3.63) is 83.9 Å². The van der Waals surface area contributed by atoms with E-state index in [9.17, 15) is 9.90 Å². The van der Waals surface area contributed by atoms with E-state index in [4.69, 9.17) is 9.72 Å². The molecule has 4 aromatic rings. The van der Waals surface area contributed by atoms with Gasteiger partial charge in [0.15, 0.2) is 0 Å². The van der Waals surface area contributed by atoms with Gasteiger partial charge in [0, 0.05) is 24.2 Å². The molecule has 6 nitrogen and oxygen atoms in total. The van der Waals surface area contributed by atoms with Crippen LogP contribution < -0.4 is 4.74 Å². The van der Waals surface area contributed by atoms with E-state index >= 15 is 0 Å². The highest BCUT2D eigenvalue weighted by Gasteiger charge is 2.26. The van der Waals surface area contributed by atoms with Gasteiger partial charge in [-0.05, 0) is 80.3 Å². The predicted molar refractivity (Wildman–Crippen MR) is 150 cm³/mol. The van der Waals surface area contributed by atoms with Gasteiger partial charge in [-0.1, -0.05) is 49.6 Å². The molecule has 1 aromatic heterocycles. The Balaban J connectivity index is 1.20. The molecule has 2 fully saturated rings. The predicted octanol–water partition coefficient (Wildman–Crippen LogP) is 6.95. The minimum atomic E-state index is -0.924. The lowest BCUT2D eigenvalue weighted by molar-refractivity contribution is 0.0697. The van der Waals surface area contributed by atoms with Crippen molar-refractivity contribution in [2.45, 2.75) is 63.6 Å². The molecule has 1 saturated carbocycles. The minimum absolute atomic E-state index is 0.273. The lowest BCUT2D eigenvalue weighted by atomic mass is 9.95. The molecule has 3 aromatic carbocycles. The Labute approximate surface area is 223 Å². The van der Waals surface area contributed by atoms with E-state index < -0.39 is 5.97 Å². The van der Waals surface area contributed by atoms with Crippen molar-refractivity contribution in [1.29, 1.82) is 0 Å². The first kappa shape index (κ1) is 24.7. The summed E-state index contributed by atoms with van der Waals surface area (Å²) in [6.45, 7) is 2.77. The number of ether oxygens (including phenoxy) is 1. The van der Waals surface area contributed by atoms with Crippen LogP contribution in [-0.2, 0) is 6.54 Å². The Morgan fingerprint density at radius 1 is 0.921 bits per heavy atom. The molecule has 1 N–H and O–H groups in total. The van der Waals surface area contributed by atoms with Crippen LogP contribution in [0.4, 0.5) is 0 Å². The maximum absolute atomic E-state index is 11.6. The number of nitrogens with zero attached hydrogens (tertiary/aromatic N) is 3. The largest absolute Gasteiger partial charge is 0.492 e. The zero-order valence-corrected chi connectivity index (χ0v) is 21.8. The smallest absolute Gasteiger partial charge is 0.335 e. The lowest BCUT2D eigenvalue weighted by Gasteiger charge is -2.26. The fraction of sp³-hybridized carbons (Fsp3) is 0.375. The second-order valence-corrected chi connectivity index (χ2v) is 10.7. The molecule has 1 unspecified atom stereocenters. The molecular formula is C32H35N3O3. The van der Waals surface area contributed by atoms with Crippen molar-refractivity contribution in [3.63, 3.8) is 0 Å². The van der Waals surface area contributed by atoms with Crippen LogP contribution in [-0.4, -0.2) is 44.7 Å². The van der Waals surface area contributed by atoms with Crippen LogP contribution in [0.5, 0.6) is 5.75 Å². The van der Waals surface area contributed by atoms with Gasteiger partial charge in [0.05, 0.1) is 16.6 Å². The topological polar surface area (TPSA) is 67.6 Å². The van der Waals surface area contributed by atoms with Gasteiger partial charge in [-0.25, -0.2) is 9.78 Å². The Hall–Kier alpha value is -3.64. The normalized spacial score (nSPS) is 18.7. The van der Waals surface area contributed by atoms with Crippen molar-refractivity contribution in [1.82, 2.24) is 14.5 Å². The summed E-state index contributed by atoms with van der Waals surface area (Å²) >= 11 is 0. The van der Waals surface area contributed by atoms with Crippen molar-refractivity contribution >= 4 is 17.0 Å². The molecule has 0 spiro atoms. The molecule has 1 saturated heterocycles. The number of hydrogen-bond donors (Lipinski definition) is 1. The van der Waals surface area contributed by atoms with Crippen LogP contribution in [0.15, 0.2) is 72.8 Å². The summed E-state index contributed by atoms with van der Waals surface area (Å²) in [5, 5.41) is 9.48. The number of imidazole rings is 1. The van der Waals surface area contributed by atoms with E-state index in [0.717, 1.165) is 60.5 Å². The minimum Gasteiger partial charge on any atom is -0.492 e. The average molecular weight is 510 g/mol. The Morgan fingerprint density at radius 3 is 2.47 bits per heavy atom. The van der Waals surface area contributed by atoms with Crippen molar-refractivity contribution in [3.8, 4) is 17.1 Å². The first-order chi connectivity index (χ1) is 18.7. The first-order valence-corrected chi connectivity index (χ1v) is 13.9. The van der Waals surface area contributed by atoms with Gasteiger partial charge in [0.1, 0.15) is 18.2 Å². The quantitative estimate of drug-likeness (QED) is 0.278. The van der Waals surface area contributed by atoms with Crippen LogP contribution in [0.2, 0.25) is 0 Å². The summed E-state index contributed by atoms with van der Waals surface area (Å²) in [5.74, 6) is 0.853. The number of carboxylic acid groups (broad SMARTS) is 1. The van der Waals surface area contributed by atoms with E-state index in [1.807, 2.05) is 18.2 Å². The molecule has 1 aliphatic carbocycles. The van der Waals surface area contributed by atoms with Crippen molar-refractivity contribution in [2.24, 2.45) is 0 Å². The number of hydrogen-bond acceptors (Lipinski definition) is 4. The fourth-order valence-electron chi connectivity index (χ4n) is 6.15. The molecule has 38 heavy (non-hydrogen) atoms. The van der Waals surface area contributed by atoms with E-state index in [1.54, 1.807) is 12.1 Å². The number of fused-ring (bicyclic) bond motifs is 1. The summed E-state index contributed by atoms with van der Waals surface area (Å²) in [6, 6.07) is 25.0. The molecule has 1 aliphatic heterocycles. The van der Waals surface area contributed by atoms with Gasteiger partial charge < -0.3 is 14.4 Å². The Kier molecular flexibility index (Phi) is 7.14. The van der Waals surface area contributed by atoms with Gasteiger partial charge in [-0.3, -0.25) is 4.90 Å². The van der Waals surface area contributed by atoms with Gasteiger partial charge in [0.25, 0.3) is 0 Å². The van der Waals surface area contributed by atoms with Gasteiger partial charge in [0.2, 0.25) is 0 Å². The van der Waals surface area contributed by atoms with Crippen LogP contribution in [0, 0.1) is 0 Å². The number of aromatic nitrogens is 2. The molecule has 0 radical (unpaired) electrons. The first-order valence-electron chi connectivity index (χ1n) is 13.9. The highest BCUT2D eigenvalue weighted by Crippen LogP contribution is 2.36. The lowest BCUT2D eigenvalue weighted by Crippen LogP contribution is -2.33. The fourth-order valence-corrected chi connectivity index (χ4v) is 6.15.